The smallest absolute Gasteiger partial charge is 0.233 e. The third-order valence-electron chi connectivity index (χ3n) is 3.93. The van der Waals surface area contributed by atoms with Gasteiger partial charge in [-0.1, -0.05) is 11.8 Å². The van der Waals surface area contributed by atoms with Crippen molar-refractivity contribution in [3.8, 4) is 0 Å². The van der Waals surface area contributed by atoms with Crippen molar-refractivity contribution in [2.45, 2.75) is 49.9 Å². The molecule has 0 saturated carbocycles. The summed E-state index contributed by atoms with van der Waals surface area (Å²) in [7, 11) is 0. The van der Waals surface area contributed by atoms with Gasteiger partial charge >= 0.3 is 0 Å². The molecule has 1 amide bonds. The molecule has 1 aromatic heterocycles. The first kappa shape index (κ1) is 14.8. The molecule has 0 spiro atoms. The van der Waals surface area contributed by atoms with Crippen LogP contribution >= 0.6 is 11.8 Å². The van der Waals surface area contributed by atoms with Crippen molar-refractivity contribution < 1.29 is 9.53 Å². The number of carbonyl (C=O) groups is 1. The zero-order valence-electron chi connectivity index (χ0n) is 12.1. The van der Waals surface area contributed by atoms with Gasteiger partial charge in [-0.25, -0.2) is 4.68 Å². The SMILES string of the molecule is O=C(CSc1nnnn1CC1CCCO1)N1CCCCC1. The monoisotopic (exact) mass is 311 g/mol. The topological polar surface area (TPSA) is 73.1 Å². The third-order valence-corrected chi connectivity index (χ3v) is 4.88. The van der Waals surface area contributed by atoms with E-state index in [4.69, 9.17) is 4.74 Å². The van der Waals surface area contributed by atoms with Gasteiger partial charge in [0.1, 0.15) is 0 Å². The van der Waals surface area contributed by atoms with Crippen molar-refractivity contribution in [2.75, 3.05) is 25.4 Å². The summed E-state index contributed by atoms with van der Waals surface area (Å²) in [4.78, 5) is 14.1. The van der Waals surface area contributed by atoms with E-state index in [2.05, 4.69) is 15.5 Å². The molecule has 3 rings (SSSR count). The average molecular weight is 311 g/mol. The molecule has 2 aliphatic heterocycles. The Morgan fingerprint density at radius 1 is 1.29 bits per heavy atom. The molecule has 0 N–H and O–H groups in total. The van der Waals surface area contributed by atoms with E-state index in [1.165, 1.54) is 18.2 Å². The molecule has 21 heavy (non-hydrogen) atoms. The molecular formula is C13H21N5O2S. The lowest BCUT2D eigenvalue weighted by atomic mass is 10.1. The quantitative estimate of drug-likeness (QED) is 0.754. The fraction of sp³-hybridized carbons (Fsp3) is 0.846. The number of likely N-dealkylation sites (tertiary alicyclic amines) is 1. The van der Waals surface area contributed by atoms with E-state index in [9.17, 15) is 4.79 Å². The molecule has 3 heterocycles. The van der Waals surface area contributed by atoms with Crippen LogP contribution in [0.25, 0.3) is 0 Å². The lowest BCUT2D eigenvalue weighted by Crippen LogP contribution is -2.36. The minimum atomic E-state index is 0.186. The summed E-state index contributed by atoms with van der Waals surface area (Å²) in [6.45, 7) is 3.27. The predicted molar refractivity (Wildman–Crippen MR) is 77.9 cm³/mol. The maximum absolute atomic E-state index is 12.2. The lowest BCUT2D eigenvalue weighted by molar-refractivity contribution is -0.129. The Morgan fingerprint density at radius 2 is 2.14 bits per heavy atom. The number of nitrogens with zero attached hydrogens (tertiary/aromatic N) is 5. The lowest BCUT2D eigenvalue weighted by Gasteiger charge is -2.26. The minimum Gasteiger partial charge on any atom is -0.376 e. The number of hydrogen-bond acceptors (Lipinski definition) is 6. The fourth-order valence-corrected chi connectivity index (χ4v) is 3.55. The van der Waals surface area contributed by atoms with E-state index >= 15 is 0 Å². The number of tetrazole rings is 1. The molecule has 0 radical (unpaired) electrons. The predicted octanol–water partition coefficient (Wildman–Crippen LogP) is 0.957. The minimum absolute atomic E-state index is 0.186. The summed E-state index contributed by atoms with van der Waals surface area (Å²) >= 11 is 1.42. The van der Waals surface area contributed by atoms with Crippen molar-refractivity contribution in [3.63, 3.8) is 0 Å². The number of thioether (sulfide) groups is 1. The summed E-state index contributed by atoms with van der Waals surface area (Å²) in [5.41, 5.74) is 0. The van der Waals surface area contributed by atoms with E-state index in [0.717, 1.165) is 45.4 Å². The average Bonchev–Trinajstić information content (AvgIpc) is 3.18. The van der Waals surface area contributed by atoms with Crippen LogP contribution in [0.15, 0.2) is 5.16 Å². The Balaban J connectivity index is 1.50. The van der Waals surface area contributed by atoms with Gasteiger partial charge in [0.15, 0.2) is 0 Å². The molecule has 1 unspecified atom stereocenters. The second-order valence-electron chi connectivity index (χ2n) is 5.51. The maximum atomic E-state index is 12.2. The Kier molecular flexibility index (Phi) is 5.08. The van der Waals surface area contributed by atoms with Gasteiger partial charge in [-0.15, -0.1) is 5.10 Å². The van der Waals surface area contributed by atoms with E-state index in [-0.39, 0.29) is 12.0 Å². The van der Waals surface area contributed by atoms with E-state index in [0.29, 0.717) is 17.5 Å². The molecule has 0 aromatic carbocycles. The highest BCUT2D eigenvalue weighted by molar-refractivity contribution is 7.99. The third kappa shape index (κ3) is 3.94. The van der Waals surface area contributed by atoms with Crippen LogP contribution in [0, 0.1) is 0 Å². The second kappa shape index (κ2) is 7.22. The first-order chi connectivity index (χ1) is 10.3. The highest BCUT2D eigenvalue weighted by Crippen LogP contribution is 2.19. The van der Waals surface area contributed by atoms with Crippen LogP contribution in [0.2, 0.25) is 0 Å². The summed E-state index contributed by atoms with van der Waals surface area (Å²) < 4.78 is 7.36. The number of amides is 1. The highest BCUT2D eigenvalue weighted by atomic mass is 32.2. The van der Waals surface area contributed by atoms with Crippen LogP contribution < -0.4 is 0 Å². The number of carbonyl (C=O) groups excluding carboxylic acids is 1. The van der Waals surface area contributed by atoms with Gasteiger partial charge in [0.25, 0.3) is 0 Å². The van der Waals surface area contributed by atoms with E-state index in [1.54, 1.807) is 4.68 Å². The number of rotatable bonds is 5. The molecule has 0 aliphatic carbocycles. The van der Waals surface area contributed by atoms with E-state index < -0.39 is 0 Å². The number of piperidine rings is 1. The van der Waals surface area contributed by atoms with Gasteiger partial charge in [-0.05, 0) is 42.5 Å². The summed E-state index contributed by atoms with van der Waals surface area (Å²) in [6, 6.07) is 0. The van der Waals surface area contributed by atoms with Gasteiger partial charge in [-0.2, -0.15) is 0 Å². The molecule has 2 saturated heterocycles. The van der Waals surface area contributed by atoms with Crippen molar-refractivity contribution in [1.82, 2.24) is 25.1 Å². The molecule has 1 aromatic rings. The van der Waals surface area contributed by atoms with Gasteiger partial charge in [0.2, 0.25) is 11.1 Å². The molecule has 1 atom stereocenters. The second-order valence-corrected chi connectivity index (χ2v) is 6.45. The maximum Gasteiger partial charge on any atom is 0.233 e. The normalized spacial score (nSPS) is 22.7. The number of ether oxygens (including phenoxy) is 1. The van der Waals surface area contributed by atoms with Crippen LogP contribution in [0.5, 0.6) is 0 Å². The van der Waals surface area contributed by atoms with Gasteiger partial charge in [-0.3, -0.25) is 4.79 Å². The van der Waals surface area contributed by atoms with Crippen LogP contribution in [0.1, 0.15) is 32.1 Å². The van der Waals surface area contributed by atoms with Crippen molar-refractivity contribution >= 4 is 17.7 Å². The first-order valence-electron chi connectivity index (χ1n) is 7.61. The Labute approximate surface area is 128 Å². The first-order valence-corrected chi connectivity index (χ1v) is 8.60. The Bertz CT molecular complexity index is 469. The van der Waals surface area contributed by atoms with Crippen LogP contribution in [-0.2, 0) is 16.1 Å². The van der Waals surface area contributed by atoms with Crippen LogP contribution in [0.3, 0.4) is 0 Å². The summed E-state index contributed by atoms with van der Waals surface area (Å²) in [6.07, 6.45) is 5.82. The van der Waals surface area contributed by atoms with Crippen molar-refractivity contribution in [1.29, 1.82) is 0 Å². The van der Waals surface area contributed by atoms with Crippen LogP contribution in [-0.4, -0.2) is 62.6 Å². The number of aromatic nitrogens is 4. The van der Waals surface area contributed by atoms with Crippen LogP contribution in [0.4, 0.5) is 0 Å². The van der Waals surface area contributed by atoms with Crippen molar-refractivity contribution in [3.05, 3.63) is 0 Å². The van der Waals surface area contributed by atoms with E-state index in [1.807, 2.05) is 4.90 Å². The largest absolute Gasteiger partial charge is 0.376 e. The molecule has 116 valence electrons. The fourth-order valence-electron chi connectivity index (χ4n) is 2.76. The highest BCUT2D eigenvalue weighted by Gasteiger charge is 2.21. The molecular weight excluding hydrogens is 290 g/mol. The van der Waals surface area contributed by atoms with Crippen molar-refractivity contribution in [2.24, 2.45) is 0 Å². The van der Waals surface area contributed by atoms with Gasteiger partial charge < -0.3 is 9.64 Å². The zero-order valence-corrected chi connectivity index (χ0v) is 12.9. The summed E-state index contributed by atoms with van der Waals surface area (Å²) in [5, 5.41) is 12.4. The van der Waals surface area contributed by atoms with Gasteiger partial charge in [0.05, 0.1) is 18.4 Å². The zero-order chi connectivity index (χ0) is 14.5. The molecule has 0 bridgehead atoms. The summed E-state index contributed by atoms with van der Waals surface area (Å²) in [5.74, 6) is 0.595. The molecule has 8 heteroatoms. The molecule has 2 fully saturated rings. The van der Waals surface area contributed by atoms with Gasteiger partial charge in [0, 0.05) is 19.7 Å². The Morgan fingerprint density at radius 3 is 2.90 bits per heavy atom. The number of hydrogen-bond donors (Lipinski definition) is 0. The standard InChI is InChI=1S/C13H21N5O2S/c19-12(17-6-2-1-3-7-17)10-21-13-14-15-16-18(13)9-11-5-4-8-20-11/h11H,1-10H2. The Hall–Kier alpha value is -1.15. The molecule has 2 aliphatic rings. The molecule has 7 nitrogen and oxygen atoms in total.